The van der Waals surface area contributed by atoms with Crippen molar-refractivity contribution in [1.29, 1.82) is 0 Å². The SMILES string of the molecule is CSCCC(NC(=O)C(NC(=O)C(Cc1ccccc1)NC(=O)C(N)CS)C(C)C)C(=O)O. The topological polar surface area (TPSA) is 151 Å². The van der Waals surface area contributed by atoms with Gasteiger partial charge in [0.2, 0.25) is 17.7 Å². The van der Waals surface area contributed by atoms with Crippen LogP contribution < -0.4 is 21.7 Å². The van der Waals surface area contributed by atoms with Crippen LogP contribution in [0.4, 0.5) is 0 Å². The van der Waals surface area contributed by atoms with Crippen LogP contribution in [0.5, 0.6) is 0 Å². The average Bonchev–Trinajstić information content (AvgIpc) is 2.78. The van der Waals surface area contributed by atoms with Gasteiger partial charge >= 0.3 is 5.97 Å². The summed E-state index contributed by atoms with van der Waals surface area (Å²) in [4.78, 5) is 49.8. The van der Waals surface area contributed by atoms with Gasteiger partial charge in [0, 0.05) is 12.2 Å². The van der Waals surface area contributed by atoms with Gasteiger partial charge in [-0.3, -0.25) is 14.4 Å². The van der Waals surface area contributed by atoms with E-state index in [0.29, 0.717) is 5.75 Å². The van der Waals surface area contributed by atoms with Crippen LogP contribution in [0.3, 0.4) is 0 Å². The summed E-state index contributed by atoms with van der Waals surface area (Å²) in [5.41, 5.74) is 6.55. The van der Waals surface area contributed by atoms with Gasteiger partial charge in [-0.25, -0.2) is 4.79 Å². The van der Waals surface area contributed by atoms with E-state index in [4.69, 9.17) is 5.73 Å². The van der Waals surface area contributed by atoms with E-state index in [1.54, 1.807) is 13.8 Å². The number of thiol groups is 1. The molecule has 3 amide bonds. The summed E-state index contributed by atoms with van der Waals surface area (Å²) < 4.78 is 0. The van der Waals surface area contributed by atoms with E-state index in [0.717, 1.165) is 5.56 Å². The number of aliphatic carboxylic acids is 1. The molecule has 9 nitrogen and oxygen atoms in total. The summed E-state index contributed by atoms with van der Waals surface area (Å²) in [5, 5.41) is 17.2. The molecule has 1 aromatic carbocycles. The van der Waals surface area contributed by atoms with Crippen LogP contribution in [0.15, 0.2) is 30.3 Å². The molecule has 33 heavy (non-hydrogen) atoms. The lowest BCUT2D eigenvalue weighted by Gasteiger charge is -2.27. The highest BCUT2D eigenvalue weighted by molar-refractivity contribution is 7.98. The Bertz CT molecular complexity index is 794. The van der Waals surface area contributed by atoms with Crippen LogP contribution in [0.25, 0.3) is 0 Å². The molecule has 0 aliphatic carbocycles. The van der Waals surface area contributed by atoms with E-state index in [1.807, 2.05) is 36.6 Å². The van der Waals surface area contributed by atoms with Crippen molar-refractivity contribution >= 4 is 48.1 Å². The maximum atomic E-state index is 13.1. The molecule has 0 aliphatic rings. The smallest absolute Gasteiger partial charge is 0.326 e. The summed E-state index contributed by atoms with van der Waals surface area (Å²) in [6, 6.07) is 5.19. The zero-order chi connectivity index (χ0) is 25.0. The van der Waals surface area contributed by atoms with E-state index in [1.165, 1.54) is 11.8 Å². The van der Waals surface area contributed by atoms with Crippen molar-refractivity contribution < 1.29 is 24.3 Å². The minimum Gasteiger partial charge on any atom is -0.480 e. The molecule has 0 saturated carbocycles. The van der Waals surface area contributed by atoms with Crippen molar-refractivity contribution in [2.45, 2.75) is 50.9 Å². The number of nitrogens with two attached hydrogens (primary N) is 1. The number of hydrogen-bond donors (Lipinski definition) is 6. The molecule has 0 bridgehead atoms. The van der Waals surface area contributed by atoms with Crippen molar-refractivity contribution in [2.75, 3.05) is 17.8 Å². The quantitative estimate of drug-likeness (QED) is 0.204. The number of benzene rings is 1. The van der Waals surface area contributed by atoms with Crippen LogP contribution in [0, 0.1) is 5.92 Å². The summed E-state index contributed by atoms with van der Waals surface area (Å²) in [6.07, 6.45) is 2.30. The lowest BCUT2D eigenvalue weighted by Crippen LogP contribution is -2.59. The monoisotopic (exact) mass is 498 g/mol. The highest BCUT2D eigenvalue weighted by Gasteiger charge is 2.31. The van der Waals surface area contributed by atoms with Gasteiger partial charge in [-0.2, -0.15) is 24.4 Å². The summed E-state index contributed by atoms with van der Waals surface area (Å²) in [5.74, 6) is -2.48. The standard InChI is InChI=1S/C22H34N4O5S2/c1-13(2)18(21(29)24-16(22(30)31)9-10-33-3)26-20(28)17(25-19(27)15(23)12-32)11-14-7-5-4-6-8-14/h4-8,13,15-18,32H,9-12,23H2,1-3H3,(H,24,29)(H,25,27)(H,26,28)(H,30,31). The number of hydrogen-bond acceptors (Lipinski definition) is 7. The largest absolute Gasteiger partial charge is 0.480 e. The Morgan fingerprint density at radius 1 is 1.00 bits per heavy atom. The number of nitrogens with one attached hydrogen (secondary N) is 3. The van der Waals surface area contributed by atoms with Crippen LogP contribution in [-0.2, 0) is 25.6 Å². The summed E-state index contributed by atoms with van der Waals surface area (Å²) in [6.45, 7) is 3.48. The van der Waals surface area contributed by atoms with Gasteiger partial charge in [0.25, 0.3) is 0 Å². The third-order valence-corrected chi connectivity index (χ3v) is 5.96. The Kier molecular flexibility index (Phi) is 12.9. The molecule has 4 atom stereocenters. The summed E-state index contributed by atoms with van der Waals surface area (Å²) in [7, 11) is 0. The maximum Gasteiger partial charge on any atom is 0.326 e. The highest BCUT2D eigenvalue weighted by Crippen LogP contribution is 2.09. The number of carboxylic acids is 1. The predicted molar refractivity (Wildman–Crippen MR) is 133 cm³/mol. The Morgan fingerprint density at radius 3 is 2.12 bits per heavy atom. The van der Waals surface area contributed by atoms with E-state index in [9.17, 15) is 24.3 Å². The fourth-order valence-electron chi connectivity index (χ4n) is 2.96. The molecular weight excluding hydrogens is 464 g/mol. The molecule has 0 aliphatic heterocycles. The summed E-state index contributed by atoms with van der Waals surface area (Å²) >= 11 is 5.50. The zero-order valence-electron chi connectivity index (χ0n) is 19.1. The Balaban J connectivity index is 3.01. The van der Waals surface area contributed by atoms with Gasteiger partial charge in [0.15, 0.2) is 0 Å². The number of amides is 3. The van der Waals surface area contributed by atoms with Gasteiger partial charge in [-0.1, -0.05) is 44.2 Å². The molecule has 1 rings (SSSR count). The molecule has 1 aromatic rings. The second kappa shape index (κ2) is 14.8. The van der Waals surface area contributed by atoms with Crippen molar-refractivity contribution in [3.8, 4) is 0 Å². The second-order valence-electron chi connectivity index (χ2n) is 7.95. The van der Waals surface area contributed by atoms with Crippen LogP contribution in [-0.4, -0.2) is 70.7 Å². The lowest BCUT2D eigenvalue weighted by molar-refractivity contribution is -0.142. The van der Waals surface area contributed by atoms with Gasteiger partial charge in [-0.15, -0.1) is 0 Å². The van der Waals surface area contributed by atoms with Crippen LogP contribution in [0.1, 0.15) is 25.8 Å². The lowest BCUT2D eigenvalue weighted by atomic mass is 10.00. The van der Waals surface area contributed by atoms with Gasteiger partial charge < -0.3 is 26.8 Å². The van der Waals surface area contributed by atoms with E-state index in [2.05, 4.69) is 28.6 Å². The number of carboxylic acid groups (broad SMARTS) is 1. The first-order chi connectivity index (χ1) is 15.6. The third kappa shape index (κ3) is 10.1. The van der Waals surface area contributed by atoms with Crippen molar-refractivity contribution in [3.05, 3.63) is 35.9 Å². The van der Waals surface area contributed by atoms with Crippen LogP contribution >= 0.6 is 24.4 Å². The van der Waals surface area contributed by atoms with Crippen molar-refractivity contribution in [1.82, 2.24) is 16.0 Å². The molecule has 6 N–H and O–H groups in total. The minimum atomic E-state index is -1.14. The molecular formula is C22H34N4O5S2. The number of thioether (sulfide) groups is 1. The molecule has 11 heteroatoms. The first-order valence-corrected chi connectivity index (χ1v) is 12.7. The fourth-order valence-corrected chi connectivity index (χ4v) is 3.60. The minimum absolute atomic E-state index is 0.106. The molecule has 0 heterocycles. The normalized spacial score (nSPS) is 14.6. The maximum absolute atomic E-state index is 13.1. The molecule has 0 saturated heterocycles. The first kappa shape index (κ1) is 28.8. The fraction of sp³-hybridized carbons (Fsp3) is 0.545. The third-order valence-electron chi connectivity index (χ3n) is 4.92. The zero-order valence-corrected chi connectivity index (χ0v) is 20.8. The van der Waals surface area contributed by atoms with Gasteiger partial charge in [-0.05, 0) is 29.9 Å². The Labute approximate surface area is 204 Å². The molecule has 0 radical (unpaired) electrons. The first-order valence-electron chi connectivity index (χ1n) is 10.6. The van der Waals surface area contributed by atoms with Crippen molar-refractivity contribution in [3.63, 3.8) is 0 Å². The Hall–Kier alpha value is -2.24. The van der Waals surface area contributed by atoms with Gasteiger partial charge in [0.05, 0.1) is 6.04 Å². The second-order valence-corrected chi connectivity index (χ2v) is 9.30. The van der Waals surface area contributed by atoms with E-state index < -0.39 is 47.9 Å². The van der Waals surface area contributed by atoms with Crippen LogP contribution in [0.2, 0.25) is 0 Å². The number of carbonyl (C=O) groups is 4. The molecule has 0 aromatic heterocycles. The van der Waals surface area contributed by atoms with Crippen molar-refractivity contribution in [2.24, 2.45) is 11.7 Å². The molecule has 4 unspecified atom stereocenters. The van der Waals surface area contributed by atoms with E-state index in [-0.39, 0.29) is 24.5 Å². The molecule has 0 spiro atoms. The molecule has 184 valence electrons. The Morgan fingerprint density at radius 2 is 1.61 bits per heavy atom. The molecule has 0 fully saturated rings. The number of carbonyl (C=O) groups excluding carboxylic acids is 3. The average molecular weight is 499 g/mol. The predicted octanol–water partition coefficient (Wildman–Crippen LogP) is 0.434. The number of rotatable bonds is 14. The highest BCUT2D eigenvalue weighted by atomic mass is 32.2. The van der Waals surface area contributed by atoms with Gasteiger partial charge in [0.1, 0.15) is 18.1 Å². The van der Waals surface area contributed by atoms with E-state index >= 15 is 0 Å².